The standard InChI is InChI=1S/C11H10N2O2S/c1-15-9-5-3-2-4-8(9)13-11(14)10-6-12-7-16-10/h2-7H,1H3,(H,13,14). The van der Waals surface area contributed by atoms with Gasteiger partial charge in [-0.1, -0.05) is 12.1 Å². The molecule has 4 nitrogen and oxygen atoms in total. The van der Waals surface area contributed by atoms with Gasteiger partial charge >= 0.3 is 0 Å². The number of nitrogens with one attached hydrogen (secondary N) is 1. The minimum absolute atomic E-state index is 0.174. The van der Waals surface area contributed by atoms with E-state index in [9.17, 15) is 4.79 Å². The summed E-state index contributed by atoms with van der Waals surface area (Å²) in [5.74, 6) is 0.465. The van der Waals surface area contributed by atoms with Gasteiger partial charge in [0, 0.05) is 0 Å². The number of anilines is 1. The Labute approximate surface area is 96.9 Å². The lowest BCUT2D eigenvalue weighted by atomic mass is 10.3. The number of nitrogens with zero attached hydrogens (tertiary/aromatic N) is 1. The van der Waals surface area contributed by atoms with Crippen molar-refractivity contribution >= 4 is 22.9 Å². The third-order valence-electron chi connectivity index (χ3n) is 2.01. The molecule has 0 saturated carbocycles. The summed E-state index contributed by atoms with van der Waals surface area (Å²) in [5.41, 5.74) is 2.28. The molecule has 0 aliphatic heterocycles. The number of ether oxygens (including phenoxy) is 1. The number of methoxy groups -OCH3 is 1. The molecule has 0 fully saturated rings. The van der Waals surface area contributed by atoms with E-state index in [1.54, 1.807) is 24.8 Å². The second kappa shape index (κ2) is 4.76. The zero-order valence-corrected chi connectivity index (χ0v) is 9.45. The van der Waals surface area contributed by atoms with Crippen LogP contribution in [0.4, 0.5) is 5.69 Å². The molecule has 16 heavy (non-hydrogen) atoms. The van der Waals surface area contributed by atoms with Gasteiger partial charge in [-0.25, -0.2) is 0 Å². The van der Waals surface area contributed by atoms with Crippen molar-refractivity contribution in [3.05, 3.63) is 40.8 Å². The SMILES string of the molecule is COc1ccccc1NC(=O)c1cncs1. The Bertz CT molecular complexity index is 482. The summed E-state index contributed by atoms with van der Waals surface area (Å²) in [6.45, 7) is 0. The lowest BCUT2D eigenvalue weighted by Gasteiger charge is -2.08. The fourth-order valence-corrected chi connectivity index (χ4v) is 1.77. The van der Waals surface area contributed by atoms with E-state index in [-0.39, 0.29) is 5.91 Å². The number of thiazole rings is 1. The smallest absolute Gasteiger partial charge is 0.267 e. The van der Waals surface area contributed by atoms with E-state index in [1.165, 1.54) is 17.5 Å². The Kier molecular flexibility index (Phi) is 3.16. The predicted molar refractivity (Wildman–Crippen MR) is 63.1 cm³/mol. The van der Waals surface area contributed by atoms with Gasteiger partial charge in [-0.15, -0.1) is 11.3 Å². The van der Waals surface area contributed by atoms with Crippen molar-refractivity contribution in [2.45, 2.75) is 0 Å². The number of para-hydroxylation sites is 2. The van der Waals surface area contributed by atoms with E-state index in [4.69, 9.17) is 4.74 Å². The third-order valence-corrected chi connectivity index (χ3v) is 2.78. The van der Waals surface area contributed by atoms with Gasteiger partial charge in [-0.05, 0) is 12.1 Å². The van der Waals surface area contributed by atoms with Crippen LogP contribution in [-0.4, -0.2) is 18.0 Å². The molecule has 0 atom stereocenters. The Morgan fingerprint density at radius 1 is 1.44 bits per heavy atom. The highest BCUT2D eigenvalue weighted by Gasteiger charge is 2.09. The maximum atomic E-state index is 11.7. The largest absolute Gasteiger partial charge is 0.495 e. The van der Waals surface area contributed by atoms with Crippen LogP contribution in [-0.2, 0) is 0 Å². The van der Waals surface area contributed by atoms with Crippen molar-refractivity contribution in [2.75, 3.05) is 12.4 Å². The average Bonchev–Trinajstić information content (AvgIpc) is 2.83. The second-order valence-corrected chi connectivity index (χ2v) is 3.91. The van der Waals surface area contributed by atoms with E-state index < -0.39 is 0 Å². The first kappa shape index (κ1) is 10.6. The van der Waals surface area contributed by atoms with E-state index in [1.807, 2.05) is 12.1 Å². The molecule has 0 aliphatic rings. The van der Waals surface area contributed by atoms with E-state index >= 15 is 0 Å². The highest BCUT2D eigenvalue weighted by molar-refractivity contribution is 7.11. The van der Waals surface area contributed by atoms with Crippen molar-refractivity contribution < 1.29 is 9.53 Å². The summed E-state index contributed by atoms with van der Waals surface area (Å²) >= 11 is 1.30. The maximum Gasteiger partial charge on any atom is 0.267 e. The van der Waals surface area contributed by atoms with Crippen molar-refractivity contribution in [1.29, 1.82) is 0 Å². The normalized spacial score (nSPS) is 9.81. The van der Waals surface area contributed by atoms with Crippen molar-refractivity contribution in [1.82, 2.24) is 4.98 Å². The van der Waals surface area contributed by atoms with Gasteiger partial charge in [0.05, 0.1) is 24.5 Å². The summed E-state index contributed by atoms with van der Waals surface area (Å²) in [6, 6.07) is 7.27. The molecule has 0 unspecified atom stereocenters. The second-order valence-electron chi connectivity index (χ2n) is 3.02. The number of carbonyl (C=O) groups excluding carboxylic acids is 1. The number of amides is 1. The molecule has 0 bridgehead atoms. The van der Waals surface area contributed by atoms with Crippen molar-refractivity contribution in [2.24, 2.45) is 0 Å². The first-order chi connectivity index (χ1) is 7.81. The number of rotatable bonds is 3. The van der Waals surface area contributed by atoms with Gasteiger partial charge in [-0.2, -0.15) is 0 Å². The van der Waals surface area contributed by atoms with Crippen molar-refractivity contribution in [3.8, 4) is 5.75 Å². The van der Waals surface area contributed by atoms with Crippen LogP contribution in [0.5, 0.6) is 5.75 Å². The van der Waals surface area contributed by atoms with Gasteiger partial charge in [-0.3, -0.25) is 9.78 Å². The molecule has 5 heteroatoms. The molecule has 1 heterocycles. The number of hydrogen-bond acceptors (Lipinski definition) is 4. The monoisotopic (exact) mass is 234 g/mol. The van der Waals surface area contributed by atoms with Crippen LogP contribution >= 0.6 is 11.3 Å². The van der Waals surface area contributed by atoms with E-state index in [2.05, 4.69) is 10.3 Å². The molecule has 1 aromatic heterocycles. The Hall–Kier alpha value is -1.88. The van der Waals surface area contributed by atoms with Gasteiger partial charge in [0.1, 0.15) is 10.6 Å². The minimum atomic E-state index is -0.174. The number of carbonyl (C=O) groups is 1. The van der Waals surface area contributed by atoms with Crippen LogP contribution in [0.2, 0.25) is 0 Å². The molecular formula is C11H10N2O2S. The molecule has 1 N–H and O–H groups in total. The first-order valence-electron chi connectivity index (χ1n) is 4.64. The van der Waals surface area contributed by atoms with Crippen LogP contribution in [0, 0.1) is 0 Å². The lowest BCUT2D eigenvalue weighted by Crippen LogP contribution is -2.10. The quantitative estimate of drug-likeness (QED) is 0.887. The number of aromatic nitrogens is 1. The Morgan fingerprint density at radius 2 is 2.25 bits per heavy atom. The van der Waals surface area contributed by atoms with Crippen LogP contribution in [0.15, 0.2) is 36.0 Å². The zero-order valence-electron chi connectivity index (χ0n) is 8.64. The summed E-state index contributed by atoms with van der Waals surface area (Å²) in [6.07, 6.45) is 1.54. The highest BCUT2D eigenvalue weighted by atomic mass is 32.1. The van der Waals surface area contributed by atoms with Crippen LogP contribution < -0.4 is 10.1 Å². The third kappa shape index (κ3) is 2.20. The summed E-state index contributed by atoms with van der Waals surface area (Å²) < 4.78 is 5.14. The molecule has 0 aliphatic carbocycles. The minimum Gasteiger partial charge on any atom is -0.495 e. The van der Waals surface area contributed by atoms with Crippen LogP contribution in [0.3, 0.4) is 0 Å². The maximum absolute atomic E-state index is 11.7. The molecular weight excluding hydrogens is 224 g/mol. The van der Waals surface area contributed by atoms with Gasteiger partial charge in [0.2, 0.25) is 0 Å². The Morgan fingerprint density at radius 3 is 2.94 bits per heavy atom. The topological polar surface area (TPSA) is 51.2 Å². The van der Waals surface area contributed by atoms with E-state index in [0.29, 0.717) is 16.3 Å². The first-order valence-corrected chi connectivity index (χ1v) is 5.52. The molecule has 2 rings (SSSR count). The van der Waals surface area contributed by atoms with E-state index in [0.717, 1.165) is 0 Å². The number of benzene rings is 1. The highest BCUT2D eigenvalue weighted by Crippen LogP contribution is 2.23. The van der Waals surface area contributed by atoms with Crippen LogP contribution in [0.25, 0.3) is 0 Å². The average molecular weight is 234 g/mol. The fourth-order valence-electron chi connectivity index (χ4n) is 1.26. The summed E-state index contributed by atoms with van der Waals surface area (Å²) in [7, 11) is 1.57. The molecule has 1 amide bonds. The summed E-state index contributed by atoms with van der Waals surface area (Å²) in [4.78, 5) is 16.2. The zero-order chi connectivity index (χ0) is 11.4. The molecule has 0 saturated heterocycles. The van der Waals surface area contributed by atoms with Gasteiger partial charge < -0.3 is 10.1 Å². The predicted octanol–water partition coefficient (Wildman–Crippen LogP) is 2.40. The lowest BCUT2D eigenvalue weighted by molar-refractivity contribution is 0.103. The van der Waals surface area contributed by atoms with Gasteiger partial charge in [0.15, 0.2) is 0 Å². The molecule has 1 aromatic carbocycles. The van der Waals surface area contributed by atoms with Gasteiger partial charge in [0.25, 0.3) is 5.91 Å². The molecule has 0 spiro atoms. The number of hydrogen-bond donors (Lipinski definition) is 1. The summed E-state index contributed by atoms with van der Waals surface area (Å²) in [5, 5.41) is 2.77. The molecule has 0 radical (unpaired) electrons. The molecule has 2 aromatic rings. The van der Waals surface area contributed by atoms with Crippen molar-refractivity contribution in [3.63, 3.8) is 0 Å². The van der Waals surface area contributed by atoms with Crippen LogP contribution in [0.1, 0.15) is 9.67 Å². The fraction of sp³-hybridized carbons (Fsp3) is 0.0909. The Balaban J connectivity index is 2.18. The molecule has 82 valence electrons.